The quantitative estimate of drug-likeness (QED) is 0.397. The van der Waals surface area contributed by atoms with Crippen molar-refractivity contribution in [2.24, 2.45) is 5.10 Å². The van der Waals surface area contributed by atoms with Crippen LogP contribution in [0.1, 0.15) is 11.3 Å². The molecule has 1 aromatic heterocycles. The maximum absolute atomic E-state index is 13.2. The highest BCUT2D eigenvalue weighted by molar-refractivity contribution is 6.01. The van der Waals surface area contributed by atoms with Gasteiger partial charge in [-0.15, -0.1) is 0 Å². The Morgan fingerprint density at radius 3 is 2.24 bits per heavy atom. The van der Waals surface area contributed by atoms with Crippen LogP contribution in [0.2, 0.25) is 0 Å². The molecule has 0 saturated heterocycles. The molecule has 4 aromatic rings. The van der Waals surface area contributed by atoms with Gasteiger partial charge < -0.3 is 15.2 Å². The largest absolute Gasteiger partial charge is 0.493 e. The summed E-state index contributed by atoms with van der Waals surface area (Å²) < 4.78 is 12.8. The number of aryl methyl sites for hydroxylation is 1. The SMILES string of the molecule is COc1cc(C=Nn2cc(C)nc2N)ccc1OCC(=O)N(c1ccccc1)c1ccccc1. The van der Waals surface area contributed by atoms with Gasteiger partial charge in [0.2, 0.25) is 5.95 Å². The third-order valence-corrected chi connectivity index (χ3v) is 4.98. The number of nitrogen functional groups attached to an aromatic ring is 1. The predicted molar refractivity (Wildman–Crippen MR) is 133 cm³/mol. The van der Waals surface area contributed by atoms with Crippen molar-refractivity contribution in [3.05, 3.63) is 96.3 Å². The maximum Gasteiger partial charge on any atom is 0.269 e. The van der Waals surface area contributed by atoms with Gasteiger partial charge in [-0.3, -0.25) is 9.69 Å². The minimum atomic E-state index is -0.212. The third-order valence-electron chi connectivity index (χ3n) is 4.98. The van der Waals surface area contributed by atoms with Crippen LogP contribution in [0.3, 0.4) is 0 Å². The zero-order chi connectivity index (χ0) is 23.9. The summed E-state index contributed by atoms with van der Waals surface area (Å²) in [4.78, 5) is 18.9. The highest BCUT2D eigenvalue weighted by Gasteiger charge is 2.19. The van der Waals surface area contributed by atoms with E-state index < -0.39 is 0 Å². The van der Waals surface area contributed by atoms with Crippen molar-refractivity contribution in [1.29, 1.82) is 0 Å². The van der Waals surface area contributed by atoms with Crippen molar-refractivity contribution < 1.29 is 14.3 Å². The van der Waals surface area contributed by atoms with Crippen molar-refractivity contribution in [3.8, 4) is 11.5 Å². The third kappa shape index (κ3) is 5.24. The van der Waals surface area contributed by atoms with Crippen LogP contribution in [0.5, 0.6) is 11.5 Å². The Labute approximate surface area is 197 Å². The number of anilines is 3. The fourth-order valence-electron chi connectivity index (χ4n) is 3.40. The summed E-state index contributed by atoms with van der Waals surface area (Å²) in [6, 6.07) is 24.2. The number of nitrogens with zero attached hydrogens (tertiary/aromatic N) is 4. The lowest BCUT2D eigenvalue weighted by Gasteiger charge is -2.23. The number of hydrogen-bond acceptors (Lipinski definition) is 6. The van der Waals surface area contributed by atoms with E-state index in [1.54, 1.807) is 36.6 Å². The first-order valence-electron chi connectivity index (χ1n) is 10.6. The van der Waals surface area contributed by atoms with E-state index in [1.165, 1.54) is 4.68 Å². The molecule has 2 N–H and O–H groups in total. The van der Waals surface area contributed by atoms with Gasteiger partial charge in [-0.2, -0.15) is 5.10 Å². The number of ether oxygens (including phenoxy) is 2. The second-order valence-corrected chi connectivity index (χ2v) is 7.43. The summed E-state index contributed by atoms with van der Waals surface area (Å²) in [6.45, 7) is 1.67. The van der Waals surface area contributed by atoms with Crippen LogP contribution in [0.25, 0.3) is 0 Å². The summed E-state index contributed by atoms with van der Waals surface area (Å²) in [5.41, 5.74) is 8.89. The van der Waals surface area contributed by atoms with Crippen LogP contribution in [0.4, 0.5) is 17.3 Å². The zero-order valence-corrected chi connectivity index (χ0v) is 19.0. The van der Waals surface area contributed by atoms with Gasteiger partial charge in [0.1, 0.15) is 0 Å². The van der Waals surface area contributed by atoms with E-state index in [0.717, 1.165) is 22.6 Å². The number of methoxy groups -OCH3 is 1. The first kappa shape index (κ1) is 22.6. The van der Waals surface area contributed by atoms with Crippen LogP contribution >= 0.6 is 0 Å². The number of nitrogens with two attached hydrogens (primary N) is 1. The Kier molecular flexibility index (Phi) is 6.88. The average Bonchev–Trinajstić information content (AvgIpc) is 3.19. The number of aromatic nitrogens is 2. The number of benzene rings is 3. The van der Waals surface area contributed by atoms with Crippen LogP contribution < -0.4 is 20.1 Å². The molecule has 0 spiro atoms. The number of amides is 1. The molecule has 0 unspecified atom stereocenters. The zero-order valence-electron chi connectivity index (χ0n) is 19.0. The predicted octanol–water partition coefficient (Wildman–Crippen LogP) is 4.41. The van der Waals surface area contributed by atoms with E-state index in [1.807, 2.05) is 73.7 Å². The fourth-order valence-corrected chi connectivity index (χ4v) is 3.40. The van der Waals surface area contributed by atoms with E-state index in [-0.39, 0.29) is 12.5 Å². The molecule has 0 fully saturated rings. The number of para-hydroxylation sites is 2. The molecule has 0 radical (unpaired) electrons. The summed E-state index contributed by atoms with van der Waals surface area (Å²) in [5, 5.41) is 4.31. The van der Waals surface area contributed by atoms with Crippen molar-refractivity contribution in [1.82, 2.24) is 9.66 Å². The molecule has 4 rings (SSSR count). The van der Waals surface area contributed by atoms with Gasteiger partial charge in [-0.25, -0.2) is 9.66 Å². The van der Waals surface area contributed by atoms with E-state index in [4.69, 9.17) is 15.2 Å². The smallest absolute Gasteiger partial charge is 0.269 e. The van der Waals surface area contributed by atoms with E-state index >= 15 is 0 Å². The topological polar surface area (TPSA) is 95.0 Å². The molecule has 1 heterocycles. The van der Waals surface area contributed by atoms with Crippen molar-refractivity contribution in [3.63, 3.8) is 0 Å². The first-order valence-corrected chi connectivity index (χ1v) is 10.6. The standard InChI is InChI=1S/C26H25N5O3/c1-19-17-30(26(27)29-19)28-16-20-13-14-23(24(15-20)33-2)34-18-25(32)31(21-9-5-3-6-10-21)22-11-7-4-8-12-22/h3-17H,18H2,1-2H3,(H2,27,29). The fraction of sp³-hybridized carbons (Fsp3) is 0.115. The van der Waals surface area contributed by atoms with Crippen LogP contribution in [0.15, 0.2) is 90.2 Å². The highest BCUT2D eigenvalue weighted by Crippen LogP contribution is 2.29. The van der Waals surface area contributed by atoms with Gasteiger partial charge >= 0.3 is 0 Å². The van der Waals surface area contributed by atoms with Gasteiger partial charge in [-0.05, 0) is 55.0 Å². The summed E-state index contributed by atoms with van der Waals surface area (Å²) in [7, 11) is 1.54. The Hall–Kier alpha value is -4.59. The lowest BCUT2D eigenvalue weighted by atomic mass is 10.2. The van der Waals surface area contributed by atoms with Gasteiger partial charge in [0, 0.05) is 11.4 Å². The molecule has 34 heavy (non-hydrogen) atoms. The molecule has 172 valence electrons. The lowest BCUT2D eigenvalue weighted by Crippen LogP contribution is -2.30. The number of rotatable bonds is 8. The van der Waals surface area contributed by atoms with Gasteiger partial charge in [0.05, 0.1) is 25.2 Å². The molecular weight excluding hydrogens is 430 g/mol. The molecule has 8 heteroatoms. The van der Waals surface area contributed by atoms with Gasteiger partial charge in [0.15, 0.2) is 18.1 Å². The van der Waals surface area contributed by atoms with Gasteiger partial charge in [0.25, 0.3) is 5.91 Å². The average molecular weight is 456 g/mol. The number of hydrogen-bond donors (Lipinski definition) is 1. The summed E-state index contributed by atoms with van der Waals surface area (Å²) >= 11 is 0. The van der Waals surface area contributed by atoms with Gasteiger partial charge in [-0.1, -0.05) is 36.4 Å². The summed E-state index contributed by atoms with van der Waals surface area (Å²) in [6.07, 6.45) is 3.37. The lowest BCUT2D eigenvalue weighted by molar-refractivity contribution is -0.119. The molecule has 1 amide bonds. The van der Waals surface area contributed by atoms with Crippen molar-refractivity contribution in [2.45, 2.75) is 6.92 Å². The molecule has 0 bridgehead atoms. The number of carbonyl (C=O) groups is 1. The first-order chi connectivity index (χ1) is 16.5. The molecule has 0 aliphatic carbocycles. The Balaban J connectivity index is 1.50. The van der Waals surface area contributed by atoms with Crippen molar-refractivity contribution in [2.75, 3.05) is 24.4 Å². The highest BCUT2D eigenvalue weighted by atomic mass is 16.5. The molecular formula is C26H25N5O3. The molecule has 3 aromatic carbocycles. The normalized spacial score (nSPS) is 10.9. The van der Waals surface area contributed by atoms with Crippen LogP contribution in [-0.4, -0.2) is 35.5 Å². The second-order valence-electron chi connectivity index (χ2n) is 7.43. The Morgan fingerprint density at radius 2 is 1.68 bits per heavy atom. The van der Waals surface area contributed by atoms with E-state index in [9.17, 15) is 4.79 Å². The molecule has 8 nitrogen and oxygen atoms in total. The summed E-state index contributed by atoms with van der Waals surface area (Å²) in [5.74, 6) is 1.03. The second kappa shape index (κ2) is 10.4. The van der Waals surface area contributed by atoms with E-state index in [0.29, 0.717) is 17.4 Å². The molecule has 0 saturated carbocycles. The van der Waals surface area contributed by atoms with Crippen molar-refractivity contribution >= 4 is 29.4 Å². The maximum atomic E-state index is 13.2. The minimum absolute atomic E-state index is 0.168. The Bertz CT molecular complexity index is 1250. The molecule has 0 atom stereocenters. The number of imidazole rings is 1. The monoisotopic (exact) mass is 455 g/mol. The van der Waals surface area contributed by atoms with Crippen LogP contribution in [-0.2, 0) is 4.79 Å². The van der Waals surface area contributed by atoms with Crippen LogP contribution in [0, 0.1) is 6.92 Å². The van der Waals surface area contributed by atoms with E-state index in [2.05, 4.69) is 10.1 Å². The Morgan fingerprint density at radius 1 is 1.03 bits per heavy atom. The molecule has 0 aliphatic heterocycles. The molecule has 0 aliphatic rings. The number of carbonyl (C=O) groups excluding carboxylic acids is 1. The minimum Gasteiger partial charge on any atom is -0.493 e.